The van der Waals surface area contributed by atoms with Gasteiger partial charge in [-0.05, 0) is 18.8 Å². The molecule has 1 amide bonds. The molecule has 116 valence electrons. The van der Waals surface area contributed by atoms with Gasteiger partial charge in [0.1, 0.15) is 11.9 Å². The number of halogens is 1. The lowest BCUT2D eigenvalue weighted by atomic mass is 9.86. The first-order chi connectivity index (χ1) is 9.99. The van der Waals surface area contributed by atoms with Gasteiger partial charge in [-0.15, -0.1) is 0 Å². The van der Waals surface area contributed by atoms with Gasteiger partial charge in [-0.1, -0.05) is 19.3 Å². The highest BCUT2D eigenvalue weighted by Crippen LogP contribution is 2.27. The van der Waals surface area contributed by atoms with E-state index in [1.807, 2.05) is 0 Å². The van der Waals surface area contributed by atoms with Crippen molar-refractivity contribution in [3.8, 4) is 0 Å². The summed E-state index contributed by atoms with van der Waals surface area (Å²) < 4.78 is 15.3. The summed E-state index contributed by atoms with van der Waals surface area (Å²) in [5.41, 5.74) is -0.0880. The Kier molecular flexibility index (Phi) is 4.93. The first-order valence-corrected chi connectivity index (χ1v) is 7.18. The van der Waals surface area contributed by atoms with Crippen LogP contribution >= 0.6 is 0 Å². The maximum Gasteiger partial charge on any atom is 0.356 e. The van der Waals surface area contributed by atoms with E-state index in [9.17, 15) is 14.0 Å². The minimum atomic E-state index is -1.20. The molecule has 1 aromatic heterocycles. The van der Waals surface area contributed by atoms with Gasteiger partial charge in [-0.25, -0.2) is 9.18 Å². The third-order valence-electron chi connectivity index (χ3n) is 3.95. The van der Waals surface area contributed by atoms with Crippen LogP contribution in [0.2, 0.25) is 0 Å². The van der Waals surface area contributed by atoms with Crippen molar-refractivity contribution in [2.45, 2.75) is 38.3 Å². The first kappa shape index (κ1) is 15.5. The zero-order valence-corrected chi connectivity index (χ0v) is 12.0. The number of hydrogen-bond donors (Lipinski definition) is 2. The van der Waals surface area contributed by atoms with E-state index in [1.54, 1.807) is 0 Å². The van der Waals surface area contributed by atoms with Crippen LogP contribution in [0.4, 0.5) is 4.39 Å². The number of nitrogens with one attached hydrogen (secondary N) is 1. The van der Waals surface area contributed by atoms with Gasteiger partial charge >= 0.3 is 5.97 Å². The number of hydrogen-bond acceptors (Lipinski definition) is 3. The predicted octanol–water partition coefficient (Wildman–Crippen LogP) is 1.77. The molecule has 1 aromatic rings. The summed E-state index contributed by atoms with van der Waals surface area (Å²) >= 11 is 0. The molecule has 0 aliphatic heterocycles. The van der Waals surface area contributed by atoms with Crippen LogP contribution in [0.5, 0.6) is 0 Å². The molecule has 1 aliphatic carbocycles. The van der Waals surface area contributed by atoms with Crippen molar-refractivity contribution in [2.24, 2.45) is 13.0 Å². The Morgan fingerprint density at radius 3 is 2.71 bits per heavy atom. The van der Waals surface area contributed by atoms with Gasteiger partial charge in [-0.2, -0.15) is 5.10 Å². The normalized spacial score (nSPS) is 17.4. The number of carboxylic acids is 1. The smallest absolute Gasteiger partial charge is 0.356 e. The van der Waals surface area contributed by atoms with E-state index in [1.165, 1.54) is 17.8 Å². The zero-order chi connectivity index (χ0) is 15.4. The number of carbonyl (C=O) groups is 2. The number of aryl methyl sites for hydroxylation is 1. The predicted molar refractivity (Wildman–Crippen MR) is 74.0 cm³/mol. The standard InChI is InChI=1S/C14H20FN3O3/c1-18-12(7-11(17-18)14(20)21)13(19)16-8-10(15)9-5-3-2-4-6-9/h7,9-10H,2-6,8H2,1H3,(H,16,19)(H,20,21). The van der Waals surface area contributed by atoms with Crippen LogP contribution in [0, 0.1) is 5.92 Å². The van der Waals surface area contributed by atoms with Gasteiger partial charge in [0.25, 0.3) is 5.91 Å². The summed E-state index contributed by atoms with van der Waals surface area (Å²) in [5, 5.41) is 15.1. The fourth-order valence-electron chi connectivity index (χ4n) is 2.73. The second kappa shape index (κ2) is 6.69. The summed E-state index contributed by atoms with van der Waals surface area (Å²) in [6, 6.07) is 1.19. The Bertz CT molecular complexity index is 524. The lowest BCUT2D eigenvalue weighted by Crippen LogP contribution is -2.35. The summed E-state index contributed by atoms with van der Waals surface area (Å²) in [6.45, 7) is -0.0446. The molecule has 1 atom stereocenters. The minimum Gasteiger partial charge on any atom is -0.476 e. The number of aromatic carboxylic acids is 1. The number of aromatic nitrogens is 2. The molecule has 0 aromatic carbocycles. The third-order valence-corrected chi connectivity index (χ3v) is 3.95. The molecule has 0 bridgehead atoms. The Morgan fingerprint density at radius 2 is 2.14 bits per heavy atom. The summed E-state index contributed by atoms with van der Waals surface area (Å²) in [7, 11) is 1.48. The summed E-state index contributed by atoms with van der Waals surface area (Å²) in [5.74, 6) is -1.69. The molecular formula is C14H20FN3O3. The van der Waals surface area contributed by atoms with Gasteiger partial charge < -0.3 is 10.4 Å². The van der Waals surface area contributed by atoms with Crippen molar-refractivity contribution < 1.29 is 19.1 Å². The molecular weight excluding hydrogens is 277 g/mol. The lowest BCUT2D eigenvalue weighted by Gasteiger charge is -2.25. The maximum atomic E-state index is 14.1. The largest absolute Gasteiger partial charge is 0.476 e. The van der Waals surface area contributed by atoms with Gasteiger partial charge in [0.2, 0.25) is 0 Å². The zero-order valence-electron chi connectivity index (χ0n) is 12.0. The van der Waals surface area contributed by atoms with Crippen LogP contribution in [0.1, 0.15) is 53.1 Å². The van der Waals surface area contributed by atoms with Crippen LogP contribution in [-0.4, -0.2) is 39.5 Å². The fourth-order valence-corrected chi connectivity index (χ4v) is 2.73. The van der Waals surface area contributed by atoms with Gasteiger partial charge in [0.15, 0.2) is 5.69 Å². The number of rotatable bonds is 5. The highest BCUT2D eigenvalue weighted by molar-refractivity contribution is 5.95. The van der Waals surface area contributed by atoms with Crippen molar-refractivity contribution in [3.63, 3.8) is 0 Å². The molecule has 1 aliphatic rings. The Labute approximate surface area is 122 Å². The van der Waals surface area contributed by atoms with Crippen LogP contribution in [0.3, 0.4) is 0 Å². The van der Waals surface area contributed by atoms with Crippen LogP contribution in [-0.2, 0) is 7.05 Å². The highest BCUT2D eigenvalue weighted by atomic mass is 19.1. The molecule has 2 N–H and O–H groups in total. The Morgan fingerprint density at radius 1 is 1.48 bits per heavy atom. The van der Waals surface area contributed by atoms with E-state index in [4.69, 9.17) is 5.11 Å². The van der Waals surface area contributed by atoms with Crippen molar-refractivity contribution in [1.29, 1.82) is 0 Å². The van der Waals surface area contributed by atoms with E-state index in [0.717, 1.165) is 32.1 Å². The molecule has 1 fully saturated rings. The Balaban J connectivity index is 1.90. The summed E-state index contributed by atoms with van der Waals surface area (Å²) in [6.07, 6.45) is 3.92. The quantitative estimate of drug-likeness (QED) is 0.867. The molecule has 0 radical (unpaired) electrons. The molecule has 7 heteroatoms. The van der Waals surface area contributed by atoms with Crippen LogP contribution < -0.4 is 5.32 Å². The van der Waals surface area contributed by atoms with E-state index >= 15 is 0 Å². The monoisotopic (exact) mass is 297 g/mol. The number of nitrogens with zero attached hydrogens (tertiary/aromatic N) is 2. The third kappa shape index (κ3) is 3.80. The number of carboxylic acid groups (broad SMARTS) is 1. The van der Waals surface area contributed by atoms with Crippen molar-refractivity contribution >= 4 is 11.9 Å². The van der Waals surface area contributed by atoms with E-state index in [-0.39, 0.29) is 23.9 Å². The minimum absolute atomic E-state index is 0.0140. The highest BCUT2D eigenvalue weighted by Gasteiger charge is 2.24. The fraction of sp³-hybridized carbons (Fsp3) is 0.643. The molecule has 6 nitrogen and oxygen atoms in total. The van der Waals surface area contributed by atoms with E-state index in [2.05, 4.69) is 10.4 Å². The van der Waals surface area contributed by atoms with Crippen LogP contribution in [0.25, 0.3) is 0 Å². The first-order valence-electron chi connectivity index (χ1n) is 7.18. The average molecular weight is 297 g/mol. The summed E-state index contributed by atoms with van der Waals surface area (Å²) in [4.78, 5) is 22.8. The van der Waals surface area contributed by atoms with Gasteiger partial charge in [0, 0.05) is 19.7 Å². The Hall–Kier alpha value is -1.92. The second-order valence-electron chi connectivity index (χ2n) is 5.47. The molecule has 2 rings (SSSR count). The molecule has 0 spiro atoms. The maximum absolute atomic E-state index is 14.1. The number of amides is 1. The second-order valence-corrected chi connectivity index (χ2v) is 5.47. The molecule has 21 heavy (non-hydrogen) atoms. The number of carbonyl (C=O) groups excluding carboxylic acids is 1. The van der Waals surface area contributed by atoms with Crippen molar-refractivity contribution in [3.05, 3.63) is 17.5 Å². The topological polar surface area (TPSA) is 84.2 Å². The molecule has 1 unspecified atom stereocenters. The van der Waals surface area contributed by atoms with E-state index < -0.39 is 18.0 Å². The molecule has 0 saturated heterocycles. The van der Waals surface area contributed by atoms with Gasteiger partial charge in [0.05, 0.1) is 0 Å². The van der Waals surface area contributed by atoms with Crippen molar-refractivity contribution in [1.82, 2.24) is 15.1 Å². The molecule has 1 saturated carbocycles. The SMILES string of the molecule is Cn1nc(C(=O)O)cc1C(=O)NCC(F)C1CCCCC1. The van der Waals surface area contributed by atoms with E-state index in [0.29, 0.717) is 0 Å². The average Bonchev–Trinajstić information content (AvgIpc) is 2.87. The lowest BCUT2D eigenvalue weighted by molar-refractivity contribution is 0.0689. The number of alkyl halides is 1. The van der Waals surface area contributed by atoms with Gasteiger partial charge in [-0.3, -0.25) is 9.48 Å². The van der Waals surface area contributed by atoms with Crippen molar-refractivity contribution in [2.75, 3.05) is 6.54 Å². The van der Waals surface area contributed by atoms with Crippen LogP contribution in [0.15, 0.2) is 6.07 Å². The molecule has 1 heterocycles.